The number of carbonyl (C=O) groups excluding carboxylic acids is 1. The van der Waals surface area contributed by atoms with Gasteiger partial charge in [-0.2, -0.15) is 5.26 Å². The number of hydrogen-bond donors (Lipinski definition) is 1. The van der Waals surface area contributed by atoms with Crippen molar-refractivity contribution in [2.75, 3.05) is 6.54 Å². The van der Waals surface area contributed by atoms with Crippen molar-refractivity contribution in [1.29, 1.82) is 5.26 Å². The van der Waals surface area contributed by atoms with E-state index < -0.39 is 5.41 Å². The van der Waals surface area contributed by atoms with E-state index in [9.17, 15) is 4.79 Å². The highest BCUT2D eigenvalue weighted by atomic mass is 35.5. The van der Waals surface area contributed by atoms with Crippen molar-refractivity contribution in [3.63, 3.8) is 0 Å². The maximum atomic E-state index is 11.8. The molecule has 3 nitrogen and oxygen atoms in total. The van der Waals surface area contributed by atoms with E-state index in [0.29, 0.717) is 10.6 Å². The van der Waals surface area contributed by atoms with Gasteiger partial charge in [0.2, 0.25) is 0 Å². The molecule has 17 heavy (non-hydrogen) atoms. The minimum atomic E-state index is -0.610. The van der Waals surface area contributed by atoms with E-state index in [1.54, 1.807) is 32.0 Å². The lowest BCUT2D eigenvalue weighted by molar-refractivity contribution is 0.0944. The van der Waals surface area contributed by atoms with Crippen LogP contribution in [-0.4, -0.2) is 12.5 Å². The zero-order valence-electron chi connectivity index (χ0n) is 9.55. The van der Waals surface area contributed by atoms with Crippen molar-refractivity contribution < 1.29 is 4.79 Å². The minimum Gasteiger partial charge on any atom is -0.350 e. The van der Waals surface area contributed by atoms with Crippen LogP contribution in [0.15, 0.2) is 18.2 Å². The predicted molar refractivity (Wildman–Crippen MR) is 68.2 cm³/mol. The summed E-state index contributed by atoms with van der Waals surface area (Å²) in [6, 6.07) is 6.95. The minimum absolute atomic E-state index is 0.224. The van der Waals surface area contributed by atoms with Crippen molar-refractivity contribution in [2.24, 2.45) is 5.41 Å². The summed E-state index contributed by atoms with van der Waals surface area (Å²) in [5.74, 6) is -0.333. The predicted octanol–water partition coefficient (Wildman–Crippen LogP) is 3.27. The average Bonchev–Trinajstić information content (AvgIpc) is 2.30. The molecule has 0 aliphatic heterocycles. The summed E-state index contributed by atoms with van der Waals surface area (Å²) in [5, 5.41) is 12.0. The number of benzene rings is 1. The molecule has 0 saturated heterocycles. The van der Waals surface area contributed by atoms with E-state index in [2.05, 4.69) is 11.4 Å². The summed E-state index contributed by atoms with van der Waals surface area (Å²) in [7, 11) is 0. The van der Waals surface area contributed by atoms with Gasteiger partial charge in [-0.15, -0.1) is 0 Å². The number of rotatable bonds is 3. The Morgan fingerprint density at radius 2 is 2.12 bits per heavy atom. The molecule has 0 heterocycles. The molecule has 5 heteroatoms. The molecule has 1 aromatic rings. The van der Waals surface area contributed by atoms with Crippen LogP contribution in [0.2, 0.25) is 10.0 Å². The Kier molecular flexibility index (Phi) is 4.39. The molecule has 0 bridgehead atoms. The molecule has 0 saturated carbocycles. The molecule has 0 aliphatic rings. The molecule has 0 atom stereocenters. The van der Waals surface area contributed by atoms with Gasteiger partial charge in [0.15, 0.2) is 0 Å². The Hall–Kier alpha value is -1.24. The van der Waals surface area contributed by atoms with Crippen LogP contribution in [0.25, 0.3) is 0 Å². The molecule has 1 amide bonds. The monoisotopic (exact) mass is 270 g/mol. The van der Waals surface area contributed by atoms with Crippen molar-refractivity contribution in [3.05, 3.63) is 33.8 Å². The third-order valence-electron chi connectivity index (χ3n) is 2.19. The maximum Gasteiger partial charge on any atom is 0.252 e. The topological polar surface area (TPSA) is 52.9 Å². The highest BCUT2D eigenvalue weighted by Crippen LogP contribution is 2.25. The standard InChI is InChI=1S/C12H12Cl2N2O/c1-12(2,6-15)7-16-11(17)8-4-3-5-9(13)10(8)14/h3-5H,7H2,1-2H3,(H,16,17). The van der Waals surface area contributed by atoms with Gasteiger partial charge in [-0.3, -0.25) is 4.79 Å². The van der Waals surface area contributed by atoms with E-state index in [0.717, 1.165) is 0 Å². The van der Waals surface area contributed by atoms with Crippen LogP contribution >= 0.6 is 23.2 Å². The van der Waals surface area contributed by atoms with Crippen LogP contribution in [0, 0.1) is 16.7 Å². The summed E-state index contributed by atoms with van der Waals surface area (Å²) >= 11 is 11.7. The largest absolute Gasteiger partial charge is 0.350 e. The fraction of sp³-hybridized carbons (Fsp3) is 0.333. The zero-order chi connectivity index (χ0) is 13.1. The molecule has 1 aromatic carbocycles. The number of amides is 1. The van der Waals surface area contributed by atoms with Gasteiger partial charge in [-0.05, 0) is 26.0 Å². The van der Waals surface area contributed by atoms with Crippen molar-refractivity contribution in [3.8, 4) is 6.07 Å². The molecular weight excluding hydrogens is 259 g/mol. The fourth-order valence-corrected chi connectivity index (χ4v) is 1.50. The summed E-state index contributed by atoms with van der Waals surface area (Å²) in [6.07, 6.45) is 0. The highest BCUT2D eigenvalue weighted by Gasteiger charge is 2.19. The Morgan fingerprint density at radius 1 is 1.47 bits per heavy atom. The van der Waals surface area contributed by atoms with Gasteiger partial charge in [-0.1, -0.05) is 29.3 Å². The second-order valence-electron chi connectivity index (χ2n) is 4.28. The third kappa shape index (κ3) is 3.62. The molecule has 1 N–H and O–H groups in total. The molecule has 0 spiro atoms. The second-order valence-corrected chi connectivity index (χ2v) is 5.06. The molecule has 90 valence electrons. The van der Waals surface area contributed by atoms with Crippen molar-refractivity contribution >= 4 is 29.1 Å². The lowest BCUT2D eigenvalue weighted by atomic mass is 9.96. The first-order valence-electron chi connectivity index (χ1n) is 5.01. The average molecular weight is 271 g/mol. The Morgan fingerprint density at radius 3 is 2.71 bits per heavy atom. The summed E-state index contributed by atoms with van der Waals surface area (Å²) in [4.78, 5) is 11.8. The van der Waals surface area contributed by atoms with Crippen LogP contribution in [-0.2, 0) is 0 Å². The molecule has 0 aromatic heterocycles. The number of nitrogens with zero attached hydrogens (tertiary/aromatic N) is 1. The molecule has 0 aliphatic carbocycles. The van der Waals surface area contributed by atoms with Crippen molar-refractivity contribution in [2.45, 2.75) is 13.8 Å². The summed E-state index contributed by atoms with van der Waals surface area (Å²) in [6.45, 7) is 3.74. The second kappa shape index (κ2) is 5.39. The van der Waals surface area contributed by atoms with E-state index in [1.165, 1.54) is 0 Å². The van der Waals surface area contributed by atoms with E-state index in [1.807, 2.05) is 0 Å². The van der Waals surface area contributed by atoms with Gasteiger partial charge in [-0.25, -0.2) is 0 Å². The van der Waals surface area contributed by atoms with E-state index >= 15 is 0 Å². The van der Waals surface area contributed by atoms with Gasteiger partial charge in [0.25, 0.3) is 5.91 Å². The Labute approximate surface area is 110 Å². The van der Waals surface area contributed by atoms with Crippen molar-refractivity contribution in [1.82, 2.24) is 5.32 Å². The maximum absolute atomic E-state index is 11.8. The highest BCUT2D eigenvalue weighted by molar-refractivity contribution is 6.43. The zero-order valence-corrected chi connectivity index (χ0v) is 11.1. The lowest BCUT2D eigenvalue weighted by Crippen LogP contribution is -2.33. The SMILES string of the molecule is CC(C)(C#N)CNC(=O)c1cccc(Cl)c1Cl. The van der Waals surface area contributed by atoms with Crippen LogP contribution in [0.1, 0.15) is 24.2 Å². The summed E-state index contributed by atoms with van der Waals surface area (Å²) in [5.41, 5.74) is -0.298. The number of hydrogen-bond acceptors (Lipinski definition) is 2. The summed E-state index contributed by atoms with van der Waals surface area (Å²) < 4.78 is 0. The third-order valence-corrected chi connectivity index (χ3v) is 3.01. The first kappa shape index (κ1) is 13.8. The van der Waals surface area contributed by atoms with Gasteiger partial charge in [0.05, 0.1) is 27.1 Å². The number of nitriles is 1. The Balaban J connectivity index is 2.79. The van der Waals surface area contributed by atoms with Crippen LogP contribution in [0.3, 0.4) is 0 Å². The van der Waals surface area contributed by atoms with E-state index in [-0.39, 0.29) is 17.5 Å². The smallest absolute Gasteiger partial charge is 0.252 e. The molecule has 0 fully saturated rings. The van der Waals surface area contributed by atoms with Crippen LogP contribution < -0.4 is 5.32 Å². The number of nitrogens with one attached hydrogen (secondary N) is 1. The first-order valence-corrected chi connectivity index (χ1v) is 5.76. The van der Waals surface area contributed by atoms with Gasteiger partial charge >= 0.3 is 0 Å². The first-order chi connectivity index (χ1) is 7.87. The van der Waals surface area contributed by atoms with Gasteiger partial charge < -0.3 is 5.32 Å². The normalized spacial score (nSPS) is 10.8. The van der Waals surface area contributed by atoms with Crippen LogP contribution in [0.4, 0.5) is 0 Å². The fourth-order valence-electron chi connectivity index (χ4n) is 1.12. The van der Waals surface area contributed by atoms with E-state index in [4.69, 9.17) is 28.5 Å². The molecule has 0 radical (unpaired) electrons. The van der Waals surface area contributed by atoms with Crippen LogP contribution in [0.5, 0.6) is 0 Å². The lowest BCUT2D eigenvalue weighted by Gasteiger charge is -2.16. The van der Waals surface area contributed by atoms with Gasteiger partial charge in [0.1, 0.15) is 0 Å². The quantitative estimate of drug-likeness (QED) is 0.917. The number of halogens is 2. The molecule has 1 rings (SSSR count). The molecular formula is C12H12Cl2N2O. The number of carbonyl (C=O) groups is 1. The molecule has 0 unspecified atom stereocenters. The Bertz CT molecular complexity index is 478. The van der Waals surface area contributed by atoms with Gasteiger partial charge in [0, 0.05) is 6.54 Å².